The number of carboxylic acids is 1. The minimum atomic E-state index is -3.75. The van der Waals surface area contributed by atoms with Crippen LogP contribution in [0.2, 0.25) is 0 Å². The van der Waals surface area contributed by atoms with E-state index in [1.54, 1.807) is 6.07 Å². The van der Waals surface area contributed by atoms with Gasteiger partial charge in [0.2, 0.25) is 10.0 Å². The summed E-state index contributed by atoms with van der Waals surface area (Å²) < 4.78 is 32.7. The molecule has 22 heavy (non-hydrogen) atoms. The lowest BCUT2D eigenvalue weighted by Crippen LogP contribution is -2.38. The third kappa shape index (κ3) is 3.76. The monoisotopic (exact) mass is 328 g/mol. The van der Waals surface area contributed by atoms with Crippen LogP contribution in [0.1, 0.15) is 23.7 Å². The van der Waals surface area contributed by atoms with Crippen LogP contribution in [0.15, 0.2) is 23.1 Å². The smallest absolute Gasteiger partial charge is 0.335 e. The molecule has 7 nitrogen and oxygen atoms in total. The van der Waals surface area contributed by atoms with Gasteiger partial charge in [-0.2, -0.15) is 0 Å². The number of ether oxygens (including phenoxy) is 1. The minimum Gasteiger partial charge on any atom is -0.478 e. The molecule has 0 bridgehead atoms. The Bertz CT molecular complexity index is 639. The van der Waals surface area contributed by atoms with Gasteiger partial charge in [0.05, 0.1) is 24.5 Å². The number of morpholine rings is 1. The molecular formula is C14H20N2O5S. The van der Waals surface area contributed by atoms with E-state index in [9.17, 15) is 13.2 Å². The van der Waals surface area contributed by atoms with E-state index >= 15 is 0 Å². The van der Waals surface area contributed by atoms with Crippen LogP contribution in [0, 0.1) is 0 Å². The van der Waals surface area contributed by atoms with E-state index in [-0.39, 0.29) is 10.5 Å². The average molecular weight is 328 g/mol. The number of sulfonamides is 1. The molecule has 0 amide bonds. The first kappa shape index (κ1) is 16.7. The van der Waals surface area contributed by atoms with E-state index in [2.05, 4.69) is 4.72 Å². The van der Waals surface area contributed by atoms with Gasteiger partial charge in [-0.3, -0.25) is 0 Å². The summed E-state index contributed by atoms with van der Waals surface area (Å²) in [6, 6.07) is 4.19. The van der Waals surface area contributed by atoms with Gasteiger partial charge in [-0.1, -0.05) is 6.92 Å². The summed E-state index contributed by atoms with van der Waals surface area (Å²) in [6.07, 6.45) is 0.657. The number of aromatic carboxylic acids is 1. The fourth-order valence-corrected chi connectivity index (χ4v) is 3.63. The van der Waals surface area contributed by atoms with Crippen LogP contribution in [0.3, 0.4) is 0 Å². The number of hydrogen-bond donors (Lipinski definition) is 2. The Labute approximate surface area is 129 Å². The summed E-state index contributed by atoms with van der Waals surface area (Å²) in [4.78, 5) is 13.0. The zero-order valence-corrected chi connectivity index (χ0v) is 13.2. The second-order valence-electron chi connectivity index (χ2n) is 4.98. The second-order valence-corrected chi connectivity index (χ2v) is 6.72. The molecule has 1 heterocycles. The molecule has 122 valence electrons. The second kappa shape index (κ2) is 7.08. The molecular weight excluding hydrogens is 308 g/mol. The van der Waals surface area contributed by atoms with Crippen molar-refractivity contribution in [2.45, 2.75) is 18.2 Å². The van der Waals surface area contributed by atoms with Crippen LogP contribution in [0.5, 0.6) is 0 Å². The van der Waals surface area contributed by atoms with E-state index in [0.717, 1.165) is 0 Å². The number of benzene rings is 1. The van der Waals surface area contributed by atoms with E-state index in [4.69, 9.17) is 9.84 Å². The van der Waals surface area contributed by atoms with E-state index in [1.165, 1.54) is 12.1 Å². The quantitative estimate of drug-likeness (QED) is 0.806. The third-order valence-corrected chi connectivity index (χ3v) is 4.88. The van der Waals surface area contributed by atoms with Crippen molar-refractivity contribution in [3.63, 3.8) is 0 Å². The van der Waals surface area contributed by atoms with Gasteiger partial charge in [0.15, 0.2) is 0 Å². The van der Waals surface area contributed by atoms with Crippen molar-refractivity contribution in [1.29, 1.82) is 0 Å². The molecule has 0 aliphatic carbocycles. The third-order valence-electron chi connectivity index (χ3n) is 3.39. The summed E-state index contributed by atoms with van der Waals surface area (Å²) in [5.41, 5.74) is 0.464. The summed E-state index contributed by atoms with van der Waals surface area (Å²) in [7, 11) is -3.75. The Morgan fingerprint density at radius 2 is 2.05 bits per heavy atom. The predicted octanol–water partition coefficient (Wildman–Crippen LogP) is 0.910. The van der Waals surface area contributed by atoms with Gasteiger partial charge in [-0.05, 0) is 24.6 Å². The number of carboxylic acid groups (broad SMARTS) is 1. The lowest BCUT2D eigenvalue weighted by Gasteiger charge is -2.30. The van der Waals surface area contributed by atoms with Gasteiger partial charge in [-0.25, -0.2) is 17.9 Å². The SMILES string of the molecule is CCCNS(=O)(=O)c1cc(C(=O)O)ccc1N1CCOCC1. The molecule has 0 radical (unpaired) electrons. The normalized spacial score (nSPS) is 15.8. The number of carbonyl (C=O) groups is 1. The van der Waals surface area contributed by atoms with Gasteiger partial charge < -0.3 is 14.7 Å². The molecule has 1 fully saturated rings. The van der Waals surface area contributed by atoms with Gasteiger partial charge in [0, 0.05) is 19.6 Å². The maximum atomic E-state index is 12.5. The zero-order valence-electron chi connectivity index (χ0n) is 12.4. The van der Waals surface area contributed by atoms with Crippen LogP contribution in [-0.4, -0.2) is 52.3 Å². The predicted molar refractivity (Wildman–Crippen MR) is 81.9 cm³/mol. The van der Waals surface area contributed by atoms with Crippen molar-refractivity contribution in [3.05, 3.63) is 23.8 Å². The van der Waals surface area contributed by atoms with Gasteiger partial charge in [0.1, 0.15) is 4.90 Å². The Morgan fingerprint density at radius 3 is 2.64 bits per heavy atom. The zero-order chi connectivity index (χ0) is 16.2. The molecule has 1 aromatic carbocycles. The van der Waals surface area contributed by atoms with E-state index in [1.807, 2.05) is 11.8 Å². The first-order valence-electron chi connectivity index (χ1n) is 7.15. The van der Waals surface area contributed by atoms with Crippen molar-refractivity contribution in [1.82, 2.24) is 4.72 Å². The highest BCUT2D eigenvalue weighted by molar-refractivity contribution is 7.89. The van der Waals surface area contributed by atoms with Crippen LogP contribution < -0.4 is 9.62 Å². The van der Waals surface area contributed by atoms with Crippen molar-refractivity contribution in [2.75, 3.05) is 37.7 Å². The number of nitrogens with zero attached hydrogens (tertiary/aromatic N) is 1. The highest BCUT2D eigenvalue weighted by Crippen LogP contribution is 2.27. The fraction of sp³-hybridized carbons (Fsp3) is 0.500. The van der Waals surface area contributed by atoms with Crippen molar-refractivity contribution in [3.8, 4) is 0 Å². The summed E-state index contributed by atoms with van der Waals surface area (Å²) in [5, 5.41) is 9.10. The molecule has 1 saturated heterocycles. The standard InChI is InChI=1S/C14H20N2O5S/c1-2-5-15-22(19,20)13-10-11(14(17)18)3-4-12(13)16-6-8-21-9-7-16/h3-4,10,15H,2,5-9H2,1H3,(H,17,18). The molecule has 0 unspecified atom stereocenters. The Kier molecular flexibility index (Phi) is 5.38. The lowest BCUT2D eigenvalue weighted by atomic mass is 10.2. The number of nitrogens with one attached hydrogen (secondary N) is 1. The maximum absolute atomic E-state index is 12.5. The topological polar surface area (TPSA) is 95.9 Å². The summed E-state index contributed by atoms with van der Waals surface area (Å²) in [6.45, 7) is 4.35. The van der Waals surface area contributed by atoms with Gasteiger partial charge >= 0.3 is 5.97 Å². The van der Waals surface area contributed by atoms with Crippen molar-refractivity contribution < 1.29 is 23.1 Å². The molecule has 1 aliphatic rings. The molecule has 0 atom stereocenters. The molecule has 8 heteroatoms. The highest BCUT2D eigenvalue weighted by Gasteiger charge is 2.24. The molecule has 0 aromatic heterocycles. The maximum Gasteiger partial charge on any atom is 0.335 e. The summed E-state index contributed by atoms with van der Waals surface area (Å²) in [5.74, 6) is -1.15. The molecule has 1 aromatic rings. The van der Waals surface area contributed by atoms with Crippen LogP contribution in [0.4, 0.5) is 5.69 Å². The number of rotatable bonds is 6. The van der Waals surface area contributed by atoms with E-state index in [0.29, 0.717) is 45.0 Å². The minimum absolute atomic E-state index is 0.00255. The summed E-state index contributed by atoms with van der Waals surface area (Å²) >= 11 is 0. The van der Waals surface area contributed by atoms with Crippen LogP contribution in [-0.2, 0) is 14.8 Å². The number of hydrogen-bond acceptors (Lipinski definition) is 5. The number of anilines is 1. The van der Waals surface area contributed by atoms with Gasteiger partial charge in [0.25, 0.3) is 0 Å². The molecule has 0 saturated carbocycles. The average Bonchev–Trinajstić information content (AvgIpc) is 2.53. The van der Waals surface area contributed by atoms with Crippen LogP contribution in [0.25, 0.3) is 0 Å². The van der Waals surface area contributed by atoms with Crippen molar-refractivity contribution >= 4 is 21.7 Å². The first-order chi connectivity index (χ1) is 10.5. The van der Waals surface area contributed by atoms with Crippen LogP contribution >= 0.6 is 0 Å². The van der Waals surface area contributed by atoms with Crippen molar-refractivity contribution in [2.24, 2.45) is 0 Å². The lowest BCUT2D eigenvalue weighted by molar-refractivity contribution is 0.0696. The Balaban J connectivity index is 2.46. The Morgan fingerprint density at radius 1 is 1.36 bits per heavy atom. The first-order valence-corrected chi connectivity index (χ1v) is 8.63. The molecule has 0 spiro atoms. The largest absolute Gasteiger partial charge is 0.478 e. The molecule has 2 rings (SSSR count). The fourth-order valence-electron chi connectivity index (χ4n) is 2.24. The van der Waals surface area contributed by atoms with Gasteiger partial charge in [-0.15, -0.1) is 0 Å². The molecule has 2 N–H and O–H groups in total. The molecule has 1 aliphatic heterocycles. The Hall–Kier alpha value is -1.64. The highest BCUT2D eigenvalue weighted by atomic mass is 32.2. The van der Waals surface area contributed by atoms with E-state index < -0.39 is 16.0 Å².